The summed E-state index contributed by atoms with van der Waals surface area (Å²) in [5.41, 5.74) is 0. The Morgan fingerprint density at radius 3 is 2.40 bits per heavy atom. The lowest BCUT2D eigenvalue weighted by molar-refractivity contribution is 0.139. The molecule has 1 aromatic carbocycles. The molecule has 1 N–H and O–H groups in total. The average Bonchev–Trinajstić information content (AvgIpc) is 2.94. The Bertz CT molecular complexity index is 380. The first-order chi connectivity index (χ1) is 9.83. The Morgan fingerprint density at radius 1 is 1.15 bits per heavy atom. The average molecular weight is 279 g/mol. The summed E-state index contributed by atoms with van der Waals surface area (Å²) in [5.74, 6) is 1.76. The number of nitrogens with zero attached hydrogens (tertiary/aromatic N) is 1. The van der Waals surface area contributed by atoms with Gasteiger partial charge in [0.1, 0.15) is 18.1 Å². The second kappa shape index (κ2) is 8.12. The summed E-state index contributed by atoms with van der Waals surface area (Å²) in [5, 5.41) is 9.26. The van der Waals surface area contributed by atoms with Crippen LogP contribution in [-0.2, 0) is 0 Å². The van der Waals surface area contributed by atoms with E-state index in [4.69, 9.17) is 9.47 Å². The summed E-state index contributed by atoms with van der Waals surface area (Å²) in [6.07, 6.45) is 3.29. The molecule has 1 atom stereocenters. The quantitative estimate of drug-likeness (QED) is 0.793. The van der Waals surface area contributed by atoms with Crippen molar-refractivity contribution < 1.29 is 14.6 Å². The predicted octanol–water partition coefficient (Wildman–Crippen LogP) is 2.31. The van der Waals surface area contributed by atoms with Crippen molar-refractivity contribution >= 4 is 0 Å². The maximum atomic E-state index is 9.26. The predicted molar refractivity (Wildman–Crippen MR) is 79.4 cm³/mol. The van der Waals surface area contributed by atoms with Crippen LogP contribution < -0.4 is 9.47 Å². The van der Waals surface area contributed by atoms with Gasteiger partial charge in [-0.25, -0.2) is 0 Å². The summed E-state index contributed by atoms with van der Waals surface area (Å²) in [7, 11) is 0. The van der Waals surface area contributed by atoms with E-state index in [1.165, 1.54) is 6.42 Å². The summed E-state index contributed by atoms with van der Waals surface area (Å²) >= 11 is 0. The Kier molecular flexibility index (Phi) is 6.15. The van der Waals surface area contributed by atoms with Crippen LogP contribution in [0.1, 0.15) is 26.2 Å². The van der Waals surface area contributed by atoms with Crippen LogP contribution in [-0.4, -0.2) is 49.0 Å². The van der Waals surface area contributed by atoms with Gasteiger partial charge < -0.3 is 14.6 Å². The molecule has 4 heteroatoms. The molecule has 0 saturated carbocycles. The van der Waals surface area contributed by atoms with Crippen LogP contribution in [0.15, 0.2) is 24.3 Å². The van der Waals surface area contributed by atoms with Gasteiger partial charge in [0.15, 0.2) is 0 Å². The van der Waals surface area contributed by atoms with Crippen LogP contribution in [0.2, 0.25) is 0 Å². The molecule has 112 valence electrons. The normalized spacial score (nSPS) is 19.2. The second-order valence-corrected chi connectivity index (χ2v) is 5.18. The third-order valence-electron chi connectivity index (χ3n) is 3.65. The number of benzene rings is 1. The van der Waals surface area contributed by atoms with Gasteiger partial charge in [-0.3, -0.25) is 4.90 Å². The molecule has 2 rings (SSSR count). The third kappa shape index (κ3) is 4.39. The highest BCUT2D eigenvalue weighted by Gasteiger charge is 2.22. The van der Waals surface area contributed by atoms with Gasteiger partial charge in [0.05, 0.1) is 13.2 Å². The molecular formula is C16H25NO3. The fraction of sp³-hybridized carbons (Fsp3) is 0.625. The first kappa shape index (κ1) is 15.1. The van der Waals surface area contributed by atoms with E-state index >= 15 is 0 Å². The van der Waals surface area contributed by atoms with Gasteiger partial charge >= 0.3 is 0 Å². The van der Waals surface area contributed by atoms with Crippen molar-refractivity contribution in [3.05, 3.63) is 24.3 Å². The van der Waals surface area contributed by atoms with E-state index in [2.05, 4.69) is 11.8 Å². The number of ether oxygens (including phenoxy) is 2. The minimum atomic E-state index is 0.253. The number of hydrogen-bond donors (Lipinski definition) is 1. The number of likely N-dealkylation sites (tertiary alicyclic amines) is 1. The molecule has 1 fully saturated rings. The van der Waals surface area contributed by atoms with Gasteiger partial charge in [-0.05, 0) is 50.1 Å². The molecule has 1 aliphatic rings. The molecule has 0 amide bonds. The number of aliphatic hydroxyl groups is 1. The highest BCUT2D eigenvalue weighted by Crippen LogP contribution is 2.19. The van der Waals surface area contributed by atoms with Gasteiger partial charge in [-0.1, -0.05) is 6.92 Å². The molecule has 0 bridgehead atoms. The highest BCUT2D eigenvalue weighted by atomic mass is 16.5. The number of hydrogen-bond acceptors (Lipinski definition) is 4. The number of aliphatic hydroxyl groups excluding tert-OH is 1. The van der Waals surface area contributed by atoms with Gasteiger partial charge in [-0.2, -0.15) is 0 Å². The smallest absolute Gasteiger partial charge is 0.119 e. The van der Waals surface area contributed by atoms with E-state index < -0.39 is 0 Å². The molecule has 1 saturated heterocycles. The summed E-state index contributed by atoms with van der Waals surface area (Å²) in [4.78, 5) is 2.30. The van der Waals surface area contributed by atoms with E-state index in [9.17, 15) is 5.11 Å². The van der Waals surface area contributed by atoms with E-state index in [0.29, 0.717) is 12.6 Å². The standard InChI is InChI=1S/C16H25NO3/c1-2-11-19-15-5-7-16(8-6-15)20-12-10-17-9-3-4-14(17)13-18/h5-8,14,18H,2-4,9-13H2,1H3. The summed E-state index contributed by atoms with van der Waals surface area (Å²) in [6.45, 7) is 5.69. The Balaban J connectivity index is 1.71. The molecule has 4 nitrogen and oxygen atoms in total. The monoisotopic (exact) mass is 279 g/mol. The molecule has 0 spiro atoms. The lowest BCUT2D eigenvalue weighted by Gasteiger charge is -2.22. The lowest BCUT2D eigenvalue weighted by atomic mass is 10.2. The van der Waals surface area contributed by atoms with Crippen molar-refractivity contribution in [3.63, 3.8) is 0 Å². The van der Waals surface area contributed by atoms with Crippen molar-refractivity contribution in [2.24, 2.45) is 0 Å². The van der Waals surface area contributed by atoms with Crippen molar-refractivity contribution in [3.8, 4) is 11.5 Å². The topological polar surface area (TPSA) is 41.9 Å². The molecule has 1 unspecified atom stereocenters. The Morgan fingerprint density at radius 2 is 1.80 bits per heavy atom. The first-order valence-corrected chi connectivity index (χ1v) is 7.54. The molecule has 0 radical (unpaired) electrons. The number of rotatable bonds is 8. The first-order valence-electron chi connectivity index (χ1n) is 7.54. The molecule has 20 heavy (non-hydrogen) atoms. The van der Waals surface area contributed by atoms with E-state index in [1.54, 1.807) is 0 Å². The second-order valence-electron chi connectivity index (χ2n) is 5.18. The summed E-state index contributed by atoms with van der Waals surface area (Å²) in [6, 6.07) is 8.09. The molecule has 0 aromatic heterocycles. The van der Waals surface area contributed by atoms with Crippen molar-refractivity contribution in [1.82, 2.24) is 4.90 Å². The SMILES string of the molecule is CCCOc1ccc(OCCN2CCCC2CO)cc1. The lowest BCUT2D eigenvalue weighted by Crippen LogP contribution is -2.35. The molecule has 1 aromatic rings. The van der Waals surface area contributed by atoms with Crippen molar-refractivity contribution in [1.29, 1.82) is 0 Å². The zero-order valence-corrected chi connectivity index (χ0v) is 12.3. The van der Waals surface area contributed by atoms with E-state index in [0.717, 1.165) is 44.0 Å². The Labute approximate surface area is 121 Å². The molecule has 1 aliphatic heterocycles. The van der Waals surface area contributed by atoms with Crippen LogP contribution in [0.4, 0.5) is 0 Å². The maximum Gasteiger partial charge on any atom is 0.119 e. The fourth-order valence-electron chi connectivity index (χ4n) is 2.53. The zero-order chi connectivity index (χ0) is 14.2. The molecule has 0 aliphatic carbocycles. The highest BCUT2D eigenvalue weighted by molar-refractivity contribution is 5.31. The zero-order valence-electron chi connectivity index (χ0n) is 12.3. The summed E-state index contributed by atoms with van der Waals surface area (Å²) < 4.78 is 11.3. The van der Waals surface area contributed by atoms with Crippen molar-refractivity contribution in [2.45, 2.75) is 32.2 Å². The van der Waals surface area contributed by atoms with Gasteiger partial charge in [0.2, 0.25) is 0 Å². The fourth-order valence-corrected chi connectivity index (χ4v) is 2.53. The largest absolute Gasteiger partial charge is 0.494 e. The van der Waals surface area contributed by atoms with E-state index in [-0.39, 0.29) is 6.61 Å². The molecular weight excluding hydrogens is 254 g/mol. The molecule has 1 heterocycles. The van der Waals surface area contributed by atoms with Crippen LogP contribution >= 0.6 is 0 Å². The Hall–Kier alpha value is -1.26. The van der Waals surface area contributed by atoms with Gasteiger partial charge in [-0.15, -0.1) is 0 Å². The van der Waals surface area contributed by atoms with Crippen LogP contribution in [0.5, 0.6) is 11.5 Å². The van der Waals surface area contributed by atoms with Crippen molar-refractivity contribution in [2.75, 3.05) is 32.9 Å². The third-order valence-corrected chi connectivity index (χ3v) is 3.65. The minimum Gasteiger partial charge on any atom is -0.494 e. The van der Waals surface area contributed by atoms with Gasteiger partial charge in [0.25, 0.3) is 0 Å². The van der Waals surface area contributed by atoms with E-state index in [1.807, 2.05) is 24.3 Å². The van der Waals surface area contributed by atoms with Crippen LogP contribution in [0.25, 0.3) is 0 Å². The van der Waals surface area contributed by atoms with Gasteiger partial charge in [0, 0.05) is 12.6 Å². The van der Waals surface area contributed by atoms with Crippen LogP contribution in [0, 0.1) is 0 Å². The maximum absolute atomic E-state index is 9.26. The van der Waals surface area contributed by atoms with Crippen LogP contribution in [0.3, 0.4) is 0 Å². The minimum absolute atomic E-state index is 0.253.